The lowest BCUT2D eigenvalue weighted by molar-refractivity contribution is -0.122. The first-order valence-corrected chi connectivity index (χ1v) is 7.42. The number of carbonyl (C=O) groups excluding carboxylic acids is 1. The average molecular weight is 255 g/mol. The third kappa shape index (κ3) is 5.83. The highest BCUT2D eigenvalue weighted by Crippen LogP contribution is 2.30. The third-order valence-corrected chi connectivity index (χ3v) is 3.48. The van der Waals surface area contributed by atoms with E-state index in [1.807, 2.05) is 0 Å². The first-order chi connectivity index (χ1) is 8.71. The van der Waals surface area contributed by atoms with Crippen LogP contribution < -0.4 is 11.1 Å². The summed E-state index contributed by atoms with van der Waals surface area (Å²) in [7, 11) is 0. The molecule has 0 heterocycles. The van der Waals surface area contributed by atoms with E-state index in [9.17, 15) is 4.79 Å². The topological polar surface area (TPSA) is 58.4 Å². The van der Waals surface area contributed by atoms with Gasteiger partial charge < -0.3 is 11.1 Å². The van der Waals surface area contributed by atoms with Gasteiger partial charge in [-0.25, -0.2) is 0 Å². The van der Waals surface area contributed by atoms with Crippen LogP contribution in [0.3, 0.4) is 0 Å². The number of nitrogens with zero attached hydrogens (tertiary/aromatic N) is 1. The molecule has 1 rings (SSSR count). The molecule has 0 aromatic carbocycles. The lowest BCUT2D eigenvalue weighted by Gasteiger charge is -2.30. The van der Waals surface area contributed by atoms with Gasteiger partial charge in [-0.15, -0.1) is 0 Å². The number of nitrogens with one attached hydrogen (secondary N) is 1. The summed E-state index contributed by atoms with van der Waals surface area (Å²) in [4.78, 5) is 14.2. The van der Waals surface area contributed by atoms with Crippen molar-refractivity contribution in [1.29, 1.82) is 0 Å². The molecule has 1 aliphatic carbocycles. The third-order valence-electron chi connectivity index (χ3n) is 3.48. The van der Waals surface area contributed by atoms with Gasteiger partial charge in [-0.1, -0.05) is 13.8 Å². The van der Waals surface area contributed by atoms with Crippen molar-refractivity contribution < 1.29 is 4.79 Å². The Bertz CT molecular complexity index is 241. The molecule has 0 aromatic rings. The minimum Gasteiger partial charge on any atom is -0.356 e. The van der Waals surface area contributed by atoms with E-state index >= 15 is 0 Å². The molecule has 106 valence electrons. The molecular weight excluding hydrogens is 226 g/mol. The molecule has 4 heteroatoms. The maximum Gasteiger partial charge on any atom is 0.221 e. The van der Waals surface area contributed by atoms with Gasteiger partial charge in [0, 0.05) is 32.1 Å². The number of carbonyl (C=O) groups is 1. The van der Waals surface area contributed by atoms with Crippen LogP contribution in [0.2, 0.25) is 0 Å². The van der Waals surface area contributed by atoms with Crippen molar-refractivity contribution in [3.63, 3.8) is 0 Å². The molecule has 0 saturated heterocycles. The van der Waals surface area contributed by atoms with Crippen molar-refractivity contribution in [1.82, 2.24) is 10.2 Å². The fourth-order valence-electron chi connectivity index (χ4n) is 2.25. The van der Waals surface area contributed by atoms with Crippen molar-refractivity contribution in [2.24, 2.45) is 11.7 Å². The van der Waals surface area contributed by atoms with Crippen LogP contribution in [0.1, 0.15) is 46.0 Å². The maximum absolute atomic E-state index is 11.8. The van der Waals surface area contributed by atoms with Gasteiger partial charge in [-0.3, -0.25) is 9.69 Å². The molecule has 0 radical (unpaired) electrons. The average Bonchev–Trinajstić information content (AvgIpc) is 3.17. The number of hydrogen-bond acceptors (Lipinski definition) is 3. The number of amides is 1. The fourth-order valence-corrected chi connectivity index (χ4v) is 2.25. The zero-order valence-electron chi connectivity index (χ0n) is 12.0. The van der Waals surface area contributed by atoms with E-state index in [0.717, 1.165) is 38.4 Å². The number of rotatable bonds is 10. The van der Waals surface area contributed by atoms with Gasteiger partial charge in [0.1, 0.15) is 0 Å². The summed E-state index contributed by atoms with van der Waals surface area (Å²) < 4.78 is 0. The second-order valence-corrected chi connectivity index (χ2v) is 5.38. The maximum atomic E-state index is 11.8. The molecule has 1 atom stereocenters. The molecule has 18 heavy (non-hydrogen) atoms. The quantitative estimate of drug-likeness (QED) is 0.619. The first kappa shape index (κ1) is 15.4. The van der Waals surface area contributed by atoms with E-state index in [1.165, 1.54) is 12.8 Å². The predicted molar refractivity (Wildman–Crippen MR) is 75.3 cm³/mol. The predicted octanol–water partition coefficient (Wildman–Crippen LogP) is 1.35. The van der Waals surface area contributed by atoms with Crippen LogP contribution in [0.15, 0.2) is 0 Å². The van der Waals surface area contributed by atoms with Crippen LogP contribution in [0.4, 0.5) is 0 Å². The highest BCUT2D eigenvalue weighted by molar-refractivity contribution is 5.76. The number of nitrogens with two attached hydrogens (primary N) is 1. The Morgan fingerprint density at radius 1 is 1.39 bits per heavy atom. The van der Waals surface area contributed by atoms with Crippen molar-refractivity contribution in [2.45, 2.75) is 52.0 Å². The van der Waals surface area contributed by atoms with Crippen LogP contribution >= 0.6 is 0 Å². The molecule has 0 spiro atoms. The fraction of sp³-hybridized carbons (Fsp3) is 0.929. The molecule has 1 amide bonds. The van der Waals surface area contributed by atoms with Crippen molar-refractivity contribution in [3.05, 3.63) is 0 Å². The second-order valence-electron chi connectivity index (χ2n) is 5.38. The van der Waals surface area contributed by atoms with E-state index < -0.39 is 0 Å². The van der Waals surface area contributed by atoms with Crippen molar-refractivity contribution >= 4 is 5.91 Å². The van der Waals surface area contributed by atoms with Crippen LogP contribution in [-0.4, -0.2) is 43.0 Å². The van der Waals surface area contributed by atoms with E-state index in [0.29, 0.717) is 13.0 Å². The molecule has 1 unspecified atom stereocenters. The zero-order valence-corrected chi connectivity index (χ0v) is 12.0. The van der Waals surface area contributed by atoms with Crippen molar-refractivity contribution in [2.75, 3.05) is 26.2 Å². The molecule has 0 aliphatic heterocycles. The van der Waals surface area contributed by atoms with Gasteiger partial charge in [0.15, 0.2) is 0 Å². The van der Waals surface area contributed by atoms with Crippen molar-refractivity contribution in [3.8, 4) is 0 Å². The van der Waals surface area contributed by atoms with E-state index in [2.05, 4.69) is 24.1 Å². The SMILES string of the molecule is CCCNC(=O)CC(CN)N(CCC)CC1CC1. The summed E-state index contributed by atoms with van der Waals surface area (Å²) >= 11 is 0. The molecule has 1 saturated carbocycles. The van der Waals surface area contributed by atoms with Gasteiger partial charge in [-0.2, -0.15) is 0 Å². The normalized spacial score (nSPS) is 16.9. The summed E-state index contributed by atoms with van der Waals surface area (Å²) in [5, 5.41) is 2.94. The van der Waals surface area contributed by atoms with Gasteiger partial charge >= 0.3 is 0 Å². The van der Waals surface area contributed by atoms with Crippen LogP contribution in [0, 0.1) is 5.92 Å². The summed E-state index contributed by atoms with van der Waals surface area (Å²) in [6.07, 6.45) is 5.35. The van der Waals surface area contributed by atoms with E-state index in [4.69, 9.17) is 5.73 Å². The largest absolute Gasteiger partial charge is 0.356 e. The Hall–Kier alpha value is -0.610. The Kier molecular flexibility index (Phi) is 7.28. The van der Waals surface area contributed by atoms with Gasteiger partial charge in [0.2, 0.25) is 5.91 Å². The minimum atomic E-state index is 0.143. The molecular formula is C14H29N3O. The van der Waals surface area contributed by atoms with Gasteiger partial charge in [0.05, 0.1) is 0 Å². The molecule has 3 N–H and O–H groups in total. The molecule has 1 fully saturated rings. The zero-order chi connectivity index (χ0) is 13.4. The molecule has 1 aliphatic rings. The minimum absolute atomic E-state index is 0.143. The van der Waals surface area contributed by atoms with Crippen LogP contribution in [-0.2, 0) is 4.79 Å². The van der Waals surface area contributed by atoms with E-state index in [1.54, 1.807) is 0 Å². The summed E-state index contributed by atoms with van der Waals surface area (Å²) in [5.74, 6) is 0.994. The van der Waals surface area contributed by atoms with Gasteiger partial charge in [0.25, 0.3) is 0 Å². The highest BCUT2D eigenvalue weighted by Gasteiger charge is 2.28. The lowest BCUT2D eigenvalue weighted by Crippen LogP contribution is -2.45. The van der Waals surface area contributed by atoms with E-state index in [-0.39, 0.29) is 11.9 Å². The van der Waals surface area contributed by atoms with Gasteiger partial charge in [-0.05, 0) is 38.1 Å². The Balaban J connectivity index is 2.40. The molecule has 4 nitrogen and oxygen atoms in total. The number of hydrogen-bond donors (Lipinski definition) is 2. The molecule has 0 bridgehead atoms. The Morgan fingerprint density at radius 3 is 2.61 bits per heavy atom. The smallest absolute Gasteiger partial charge is 0.221 e. The summed E-state index contributed by atoms with van der Waals surface area (Å²) in [6.45, 7) is 7.77. The molecule has 0 aromatic heterocycles. The first-order valence-electron chi connectivity index (χ1n) is 7.42. The monoisotopic (exact) mass is 255 g/mol. The Morgan fingerprint density at radius 2 is 2.11 bits per heavy atom. The highest BCUT2D eigenvalue weighted by atomic mass is 16.1. The standard InChI is InChI=1S/C14H29N3O/c1-3-7-16-14(18)9-13(10-15)17(8-4-2)11-12-5-6-12/h12-13H,3-11,15H2,1-2H3,(H,16,18). The summed E-state index contributed by atoms with van der Waals surface area (Å²) in [5.41, 5.74) is 5.86. The summed E-state index contributed by atoms with van der Waals surface area (Å²) in [6, 6.07) is 0.211. The second kappa shape index (κ2) is 8.48. The lowest BCUT2D eigenvalue weighted by atomic mass is 10.1. The van der Waals surface area contributed by atoms with Crippen LogP contribution in [0.25, 0.3) is 0 Å². The van der Waals surface area contributed by atoms with Crippen LogP contribution in [0.5, 0.6) is 0 Å². The Labute approximate surface area is 111 Å².